The normalized spacial score (nSPS) is 11.3. The van der Waals surface area contributed by atoms with Crippen LogP contribution in [0.25, 0.3) is 21.8 Å². The molecule has 0 unspecified atom stereocenters. The topological polar surface area (TPSA) is 41.8 Å². The molecule has 1 aromatic heterocycles. The van der Waals surface area contributed by atoms with Gasteiger partial charge in [-0.2, -0.15) is 0 Å². The molecule has 3 aromatic rings. The minimum atomic E-state index is 0.812. The molecule has 0 radical (unpaired) electrons. The van der Waals surface area contributed by atoms with Gasteiger partial charge in [-0.25, -0.2) is 0 Å². The first-order valence-corrected chi connectivity index (χ1v) is 5.02. The van der Waals surface area contributed by atoms with Gasteiger partial charge < -0.3 is 10.7 Å². The number of nitrogens with one attached hydrogen (secondary N) is 1. The van der Waals surface area contributed by atoms with Crippen molar-refractivity contribution in [2.75, 3.05) is 5.73 Å². The average molecular weight is 196 g/mol. The molecule has 0 aliphatic carbocycles. The largest absolute Gasteiger partial charge is 0.399 e. The first kappa shape index (κ1) is 8.36. The van der Waals surface area contributed by atoms with E-state index in [2.05, 4.69) is 30.1 Å². The lowest BCUT2D eigenvalue weighted by molar-refractivity contribution is 1.51. The van der Waals surface area contributed by atoms with Crippen molar-refractivity contribution in [2.45, 2.75) is 6.92 Å². The second-order valence-electron chi connectivity index (χ2n) is 3.93. The lowest BCUT2D eigenvalue weighted by Gasteiger charge is -1.96. The Kier molecular flexibility index (Phi) is 1.54. The Morgan fingerprint density at radius 1 is 1.07 bits per heavy atom. The Morgan fingerprint density at radius 3 is 2.80 bits per heavy atom. The summed E-state index contributed by atoms with van der Waals surface area (Å²) in [6, 6.07) is 12.3. The van der Waals surface area contributed by atoms with Crippen LogP contribution in [0.3, 0.4) is 0 Å². The molecule has 3 N–H and O–H groups in total. The Labute approximate surface area is 87.7 Å². The predicted molar refractivity (Wildman–Crippen MR) is 65.0 cm³/mol. The molecule has 1 heterocycles. The number of nitrogen functional groups attached to an aromatic ring is 1. The molecule has 0 aliphatic heterocycles. The monoisotopic (exact) mass is 196 g/mol. The van der Waals surface area contributed by atoms with Crippen molar-refractivity contribution >= 4 is 27.5 Å². The second kappa shape index (κ2) is 2.76. The Balaban J connectivity index is 2.61. The Hall–Kier alpha value is -1.96. The quantitative estimate of drug-likeness (QED) is 0.532. The zero-order valence-electron chi connectivity index (χ0n) is 8.54. The molecule has 0 bridgehead atoms. The van der Waals surface area contributed by atoms with Crippen molar-refractivity contribution in [3.63, 3.8) is 0 Å². The summed E-state index contributed by atoms with van der Waals surface area (Å²) in [5, 5.41) is 2.49. The molecule has 3 rings (SSSR count). The SMILES string of the molecule is Cc1cccc2[nH]c3ccc(N)cc3c12. The van der Waals surface area contributed by atoms with Gasteiger partial charge in [0.05, 0.1) is 0 Å². The molecule has 2 heteroatoms. The number of aromatic nitrogens is 1. The fraction of sp³-hybridized carbons (Fsp3) is 0.0769. The average Bonchev–Trinajstić information content (AvgIpc) is 2.57. The molecule has 2 nitrogen and oxygen atoms in total. The van der Waals surface area contributed by atoms with Gasteiger partial charge in [-0.1, -0.05) is 12.1 Å². The third-order valence-corrected chi connectivity index (χ3v) is 2.86. The van der Waals surface area contributed by atoms with Gasteiger partial charge >= 0.3 is 0 Å². The van der Waals surface area contributed by atoms with Crippen LogP contribution in [0.5, 0.6) is 0 Å². The van der Waals surface area contributed by atoms with Crippen LogP contribution in [0.1, 0.15) is 5.56 Å². The number of hydrogen-bond donors (Lipinski definition) is 2. The number of H-pyrrole nitrogens is 1. The Morgan fingerprint density at radius 2 is 1.93 bits per heavy atom. The predicted octanol–water partition coefficient (Wildman–Crippen LogP) is 3.21. The van der Waals surface area contributed by atoms with Gasteiger partial charge in [0.2, 0.25) is 0 Å². The molecule has 0 fully saturated rings. The molecular formula is C13H12N2. The molecule has 0 atom stereocenters. The first-order chi connectivity index (χ1) is 7.25. The van der Waals surface area contributed by atoms with E-state index < -0.39 is 0 Å². The molecule has 0 amide bonds. The first-order valence-electron chi connectivity index (χ1n) is 5.02. The van der Waals surface area contributed by atoms with Gasteiger partial charge in [-0.05, 0) is 36.8 Å². The summed E-state index contributed by atoms with van der Waals surface area (Å²) >= 11 is 0. The van der Waals surface area contributed by atoms with Crippen LogP contribution in [-0.2, 0) is 0 Å². The molecule has 2 aromatic carbocycles. The van der Waals surface area contributed by atoms with E-state index in [0.717, 1.165) is 11.2 Å². The third-order valence-electron chi connectivity index (χ3n) is 2.86. The van der Waals surface area contributed by atoms with Gasteiger partial charge in [0.15, 0.2) is 0 Å². The van der Waals surface area contributed by atoms with E-state index in [1.165, 1.54) is 21.9 Å². The van der Waals surface area contributed by atoms with Crippen LogP contribution in [0.4, 0.5) is 5.69 Å². The Bertz CT molecular complexity index is 650. The van der Waals surface area contributed by atoms with Gasteiger partial charge in [0, 0.05) is 27.5 Å². The van der Waals surface area contributed by atoms with Gasteiger partial charge in [-0.3, -0.25) is 0 Å². The highest BCUT2D eigenvalue weighted by Crippen LogP contribution is 2.29. The van der Waals surface area contributed by atoms with Gasteiger partial charge in [-0.15, -0.1) is 0 Å². The van der Waals surface area contributed by atoms with Gasteiger partial charge in [0.1, 0.15) is 0 Å². The smallest absolute Gasteiger partial charge is 0.0467 e. The summed E-state index contributed by atoms with van der Waals surface area (Å²) in [4.78, 5) is 3.39. The summed E-state index contributed by atoms with van der Waals surface area (Å²) in [7, 11) is 0. The van der Waals surface area contributed by atoms with E-state index in [1.807, 2.05) is 18.2 Å². The number of aromatic amines is 1. The van der Waals surface area contributed by atoms with Crippen LogP contribution in [0.2, 0.25) is 0 Å². The number of benzene rings is 2. The van der Waals surface area contributed by atoms with Crippen molar-refractivity contribution in [2.24, 2.45) is 0 Å². The summed E-state index contributed by atoms with van der Waals surface area (Å²) < 4.78 is 0. The van der Waals surface area contributed by atoms with Gasteiger partial charge in [0.25, 0.3) is 0 Å². The maximum atomic E-state index is 5.81. The standard InChI is InChI=1S/C13H12N2/c1-8-3-2-4-12-13(8)10-7-9(14)5-6-11(10)15-12/h2-7,15H,14H2,1H3. The molecule has 0 spiro atoms. The number of rotatable bonds is 0. The van der Waals surface area contributed by atoms with Crippen LogP contribution in [-0.4, -0.2) is 4.98 Å². The highest BCUT2D eigenvalue weighted by Gasteiger charge is 2.05. The molecule has 15 heavy (non-hydrogen) atoms. The number of nitrogens with two attached hydrogens (primary N) is 1. The molecular weight excluding hydrogens is 184 g/mol. The van der Waals surface area contributed by atoms with E-state index in [4.69, 9.17) is 5.73 Å². The summed E-state index contributed by atoms with van der Waals surface area (Å²) in [6.07, 6.45) is 0. The number of hydrogen-bond acceptors (Lipinski definition) is 1. The fourth-order valence-corrected chi connectivity index (χ4v) is 2.15. The van der Waals surface area contributed by atoms with Crippen LogP contribution >= 0.6 is 0 Å². The number of fused-ring (bicyclic) bond motifs is 3. The lowest BCUT2D eigenvalue weighted by atomic mass is 10.1. The number of aryl methyl sites for hydroxylation is 1. The maximum absolute atomic E-state index is 5.81. The van der Waals surface area contributed by atoms with E-state index in [9.17, 15) is 0 Å². The maximum Gasteiger partial charge on any atom is 0.0467 e. The summed E-state index contributed by atoms with van der Waals surface area (Å²) in [6.45, 7) is 2.12. The zero-order valence-corrected chi connectivity index (χ0v) is 8.54. The van der Waals surface area contributed by atoms with Crippen molar-refractivity contribution < 1.29 is 0 Å². The van der Waals surface area contributed by atoms with E-state index in [0.29, 0.717) is 0 Å². The highest BCUT2D eigenvalue weighted by atomic mass is 14.7. The van der Waals surface area contributed by atoms with E-state index in [-0.39, 0.29) is 0 Å². The van der Waals surface area contributed by atoms with Crippen molar-refractivity contribution in [3.8, 4) is 0 Å². The molecule has 74 valence electrons. The van der Waals surface area contributed by atoms with Crippen molar-refractivity contribution in [1.82, 2.24) is 4.98 Å². The van der Waals surface area contributed by atoms with Crippen LogP contribution in [0.15, 0.2) is 36.4 Å². The summed E-state index contributed by atoms with van der Waals surface area (Å²) in [5.41, 5.74) is 10.2. The fourth-order valence-electron chi connectivity index (χ4n) is 2.15. The number of anilines is 1. The highest BCUT2D eigenvalue weighted by molar-refractivity contribution is 6.09. The molecule has 0 saturated heterocycles. The van der Waals surface area contributed by atoms with Crippen LogP contribution < -0.4 is 5.73 Å². The second-order valence-corrected chi connectivity index (χ2v) is 3.93. The van der Waals surface area contributed by atoms with Crippen molar-refractivity contribution in [3.05, 3.63) is 42.0 Å². The van der Waals surface area contributed by atoms with Crippen molar-refractivity contribution in [1.29, 1.82) is 0 Å². The zero-order chi connectivity index (χ0) is 10.4. The summed E-state index contributed by atoms with van der Waals surface area (Å²) in [5.74, 6) is 0. The third kappa shape index (κ3) is 1.11. The minimum absolute atomic E-state index is 0.812. The minimum Gasteiger partial charge on any atom is -0.399 e. The molecule has 0 aliphatic rings. The molecule has 0 saturated carbocycles. The van der Waals surface area contributed by atoms with E-state index >= 15 is 0 Å². The lowest BCUT2D eigenvalue weighted by Crippen LogP contribution is -1.82. The van der Waals surface area contributed by atoms with E-state index in [1.54, 1.807) is 0 Å². The van der Waals surface area contributed by atoms with Crippen LogP contribution in [0, 0.1) is 6.92 Å².